The maximum atomic E-state index is 12.5. The van der Waals surface area contributed by atoms with Gasteiger partial charge in [0.1, 0.15) is 4.99 Å². The third kappa shape index (κ3) is 3.10. The molecule has 0 aromatic heterocycles. The highest BCUT2D eigenvalue weighted by Crippen LogP contribution is 2.23. The summed E-state index contributed by atoms with van der Waals surface area (Å²) in [5.41, 5.74) is 6.93. The lowest BCUT2D eigenvalue weighted by Gasteiger charge is -2.26. The molecule has 1 heterocycles. The van der Waals surface area contributed by atoms with Gasteiger partial charge in [-0.2, -0.15) is 16.1 Å². The molecule has 4 nitrogen and oxygen atoms in total. The Morgan fingerprint density at radius 2 is 2.00 bits per heavy atom. The molecule has 104 valence electrons. The van der Waals surface area contributed by atoms with Crippen LogP contribution in [0.4, 0.5) is 0 Å². The maximum Gasteiger partial charge on any atom is 0.243 e. The average molecular weight is 316 g/mol. The van der Waals surface area contributed by atoms with Crippen molar-refractivity contribution in [3.05, 3.63) is 29.3 Å². The Morgan fingerprint density at radius 1 is 1.37 bits per heavy atom. The Balaban J connectivity index is 2.37. The summed E-state index contributed by atoms with van der Waals surface area (Å²) in [6.07, 6.45) is 0. The van der Waals surface area contributed by atoms with Gasteiger partial charge >= 0.3 is 0 Å². The van der Waals surface area contributed by atoms with Gasteiger partial charge in [0.25, 0.3) is 0 Å². The van der Waals surface area contributed by atoms with E-state index >= 15 is 0 Å². The third-order valence-corrected chi connectivity index (χ3v) is 6.28. The second-order valence-electron chi connectivity index (χ2n) is 4.36. The topological polar surface area (TPSA) is 63.4 Å². The van der Waals surface area contributed by atoms with Crippen molar-refractivity contribution in [2.75, 3.05) is 24.6 Å². The molecule has 0 saturated carbocycles. The maximum absolute atomic E-state index is 12.5. The van der Waals surface area contributed by atoms with Gasteiger partial charge in [-0.3, -0.25) is 0 Å². The van der Waals surface area contributed by atoms with Crippen LogP contribution in [0.2, 0.25) is 0 Å². The first-order chi connectivity index (χ1) is 8.93. The standard InChI is InChI=1S/C12H16N2O2S3/c1-9-8-10(12(13)17)2-3-11(9)19(15,16)14-4-6-18-7-5-14/h2-3,8H,4-7H2,1H3,(H2,13,17). The van der Waals surface area contributed by atoms with Crippen molar-refractivity contribution in [2.24, 2.45) is 5.73 Å². The van der Waals surface area contributed by atoms with Gasteiger partial charge in [0.2, 0.25) is 10.0 Å². The number of hydrogen-bond acceptors (Lipinski definition) is 4. The Morgan fingerprint density at radius 3 is 2.53 bits per heavy atom. The highest BCUT2D eigenvalue weighted by molar-refractivity contribution is 7.99. The molecule has 0 amide bonds. The molecular weight excluding hydrogens is 300 g/mol. The van der Waals surface area contributed by atoms with E-state index in [0.717, 1.165) is 11.5 Å². The molecule has 0 radical (unpaired) electrons. The van der Waals surface area contributed by atoms with Crippen LogP contribution in [0, 0.1) is 6.92 Å². The molecule has 1 aromatic rings. The molecule has 2 rings (SSSR count). The lowest BCUT2D eigenvalue weighted by atomic mass is 10.1. The Kier molecular flexibility index (Phi) is 4.50. The number of hydrogen-bond donors (Lipinski definition) is 1. The predicted molar refractivity (Wildman–Crippen MR) is 83.2 cm³/mol. The second kappa shape index (κ2) is 5.78. The first-order valence-electron chi connectivity index (χ1n) is 5.91. The number of sulfonamides is 1. The summed E-state index contributed by atoms with van der Waals surface area (Å²) >= 11 is 6.68. The summed E-state index contributed by atoms with van der Waals surface area (Å²) in [7, 11) is -3.40. The molecule has 1 saturated heterocycles. The molecule has 1 aromatic carbocycles. The highest BCUT2D eigenvalue weighted by Gasteiger charge is 2.27. The number of rotatable bonds is 3. The summed E-state index contributed by atoms with van der Waals surface area (Å²) < 4.78 is 26.6. The Hall–Kier alpha value is -0.630. The summed E-state index contributed by atoms with van der Waals surface area (Å²) in [5, 5.41) is 0. The van der Waals surface area contributed by atoms with Gasteiger partial charge in [-0.05, 0) is 24.6 Å². The monoisotopic (exact) mass is 316 g/mol. The summed E-state index contributed by atoms with van der Waals surface area (Å²) in [4.78, 5) is 0.626. The van der Waals surface area contributed by atoms with Gasteiger partial charge in [-0.25, -0.2) is 8.42 Å². The van der Waals surface area contributed by atoms with E-state index in [1.807, 2.05) is 0 Å². The van der Waals surface area contributed by atoms with Crippen LogP contribution in [0.3, 0.4) is 0 Å². The molecule has 0 bridgehead atoms. The zero-order chi connectivity index (χ0) is 14.0. The lowest BCUT2D eigenvalue weighted by Crippen LogP contribution is -2.38. The average Bonchev–Trinajstić information content (AvgIpc) is 2.39. The van der Waals surface area contributed by atoms with E-state index < -0.39 is 10.0 Å². The molecule has 1 fully saturated rings. The van der Waals surface area contributed by atoms with Crippen LogP contribution in [-0.2, 0) is 10.0 Å². The van der Waals surface area contributed by atoms with E-state index in [1.54, 1.807) is 41.2 Å². The molecule has 1 aliphatic heterocycles. The fraction of sp³-hybridized carbons (Fsp3) is 0.417. The van der Waals surface area contributed by atoms with E-state index in [0.29, 0.717) is 29.1 Å². The summed E-state index contributed by atoms with van der Waals surface area (Å²) in [6.45, 7) is 2.92. The predicted octanol–water partition coefficient (Wildman–Crippen LogP) is 1.37. The van der Waals surface area contributed by atoms with Crippen LogP contribution >= 0.6 is 24.0 Å². The van der Waals surface area contributed by atoms with E-state index in [2.05, 4.69) is 0 Å². The molecule has 7 heteroatoms. The molecule has 0 aliphatic carbocycles. The molecule has 0 unspecified atom stereocenters. The van der Waals surface area contributed by atoms with Crippen molar-refractivity contribution in [1.29, 1.82) is 0 Å². The molecule has 19 heavy (non-hydrogen) atoms. The van der Waals surface area contributed by atoms with Gasteiger partial charge in [0.15, 0.2) is 0 Å². The summed E-state index contributed by atoms with van der Waals surface area (Å²) in [6, 6.07) is 5.00. The van der Waals surface area contributed by atoms with E-state index in [1.165, 1.54) is 0 Å². The van der Waals surface area contributed by atoms with Gasteiger partial charge in [-0.15, -0.1) is 0 Å². The van der Waals surface area contributed by atoms with Crippen LogP contribution in [0.1, 0.15) is 11.1 Å². The third-order valence-electron chi connectivity index (χ3n) is 3.05. The van der Waals surface area contributed by atoms with Crippen molar-refractivity contribution in [2.45, 2.75) is 11.8 Å². The molecular formula is C12H16N2O2S3. The minimum absolute atomic E-state index is 0.279. The SMILES string of the molecule is Cc1cc(C(N)=S)ccc1S(=O)(=O)N1CCSCC1. The molecule has 1 aliphatic rings. The van der Waals surface area contributed by atoms with Gasteiger partial charge in [-0.1, -0.05) is 18.3 Å². The highest BCUT2D eigenvalue weighted by atomic mass is 32.2. The van der Waals surface area contributed by atoms with Crippen LogP contribution in [0.5, 0.6) is 0 Å². The zero-order valence-electron chi connectivity index (χ0n) is 10.6. The first-order valence-corrected chi connectivity index (χ1v) is 8.91. The minimum atomic E-state index is -3.40. The normalized spacial score (nSPS) is 17.3. The number of benzene rings is 1. The largest absolute Gasteiger partial charge is 0.389 e. The van der Waals surface area contributed by atoms with Crippen LogP contribution < -0.4 is 5.73 Å². The quantitative estimate of drug-likeness (QED) is 0.853. The lowest BCUT2D eigenvalue weighted by molar-refractivity contribution is 0.443. The van der Waals surface area contributed by atoms with Crippen LogP contribution in [-0.4, -0.2) is 42.3 Å². The first kappa shape index (κ1) is 14.8. The van der Waals surface area contributed by atoms with E-state index in [9.17, 15) is 8.42 Å². The van der Waals surface area contributed by atoms with E-state index in [4.69, 9.17) is 18.0 Å². The second-order valence-corrected chi connectivity index (χ2v) is 7.93. The Labute approximate surface area is 123 Å². The van der Waals surface area contributed by atoms with Gasteiger partial charge < -0.3 is 5.73 Å². The van der Waals surface area contributed by atoms with Crippen molar-refractivity contribution >= 4 is 39.0 Å². The van der Waals surface area contributed by atoms with Crippen molar-refractivity contribution < 1.29 is 8.42 Å². The van der Waals surface area contributed by atoms with Crippen molar-refractivity contribution in [3.63, 3.8) is 0 Å². The fourth-order valence-corrected chi connectivity index (χ4v) is 4.93. The number of aryl methyl sites for hydroxylation is 1. The van der Waals surface area contributed by atoms with Gasteiger partial charge in [0, 0.05) is 30.2 Å². The number of nitrogens with two attached hydrogens (primary N) is 1. The fourth-order valence-electron chi connectivity index (χ4n) is 2.02. The number of nitrogens with zero attached hydrogens (tertiary/aromatic N) is 1. The van der Waals surface area contributed by atoms with Crippen LogP contribution in [0.15, 0.2) is 23.1 Å². The molecule has 0 spiro atoms. The number of thioether (sulfide) groups is 1. The van der Waals surface area contributed by atoms with Crippen molar-refractivity contribution in [3.8, 4) is 0 Å². The Bertz CT molecular complexity index is 593. The number of thiocarbonyl (C=S) groups is 1. The zero-order valence-corrected chi connectivity index (χ0v) is 13.1. The molecule has 2 N–H and O–H groups in total. The van der Waals surface area contributed by atoms with E-state index in [-0.39, 0.29) is 4.99 Å². The minimum Gasteiger partial charge on any atom is -0.389 e. The van der Waals surface area contributed by atoms with Crippen LogP contribution in [0.25, 0.3) is 0 Å². The smallest absolute Gasteiger partial charge is 0.243 e. The van der Waals surface area contributed by atoms with Gasteiger partial charge in [0.05, 0.1) is 4.90 Å². The summed E-state index contributed by atoms with van der Waals surface area (Å²) in [5.74, 6) is 1.70. The molecule has 0 atom stereocenters. The van der Waals surface area contributed by atoms with Crippen molar-refractivity contribution in [1.82, 2.24) is 4.31 Å².